The first kappa shape index (κ1) is 29.1. The zero-order valence-corrected chi connectivity index (χ0v) is 26.1. The minimum Gasteiger partial charge on any atom is -0.491 e. The fraction of sp³-hybridized carbons (Fsp3) is 0.471. The average Bonchev–Trinajstić information content (AvgIpc) is 3.53. The maximum absolute atomic E-state index is 9.82. The standard InChI is InChI=1S/C34H39N9O3/c1-45-33-5-2-23(14-37-33)17-42-28-11-29(42)21-40(20-28)32-4-3-24(15-36-32)31-12-30(22-43-34(31)25(13-35)16-38-43)46-9-7-39-18-26-10-27(19-39)41(26)6-8-44/h2-5,12,14-16,22,26-29,44H,6-11,17-21H2,1H3. The van der Waals surface area contributed by atoms with Crippen LogP contribution in [-0.2, 0) is 6.54 Å². The van der Waals surface area contributed by atoms with Crippen LogP contribution < -0.4 is 14.4 Å². The number of aliphatic hydroxyl groups is 1. The van der Waals surface area contributed by atoms with Gasteiger partial charge >= 0.3 is 0 Å². The van der Waals surface area contributed by atoms with Crippen molar-refractivity contribution in [2.75, 3.05) is 64.5 Å². The molecule has 4 bridgehead atoms. The predicted molar refractivity (Wildman–Crippen MR) is 172 cm³/mol. The van der Waals surface area contributed by atoms with Crippen LogP contribution in [0.25, 0.3) is 16.6 Å². The van der Waals surface area contributed by atoms with Crippen molar-refractivity contribution in [3.63, 3.8) is 0 Å². The molecule has 10 rings (SSSR count). The molecule has 10 heterocycles. The monoisotopic (exact) mass is 621 g/mol. The Morgan fingerprint density at radius 2 is 1.74 bits per heavy atom. The third-order valence-corrected chi connectivity index (χ3v) is 10.3. The van der Waals surface area contributed by atoms with E-state index in [0.29, 0.717) is 48.0 Å². The number of fused-ring (bicyclic) bond motifs is 5. The van der Waals surface area contributed by atoms with Crippen LogP contribution in [0.2, 0.25) is 0 Å². The van der Waals surface area contributed by atoms with Crippen molar-refractivity contribution in [3.05, 3.63) is 66.2 Å². The van der Waals surface area contributed by atoms with E-state index in [1.807, 2.05) is 30.7 Å². The first-order valence-corrected chi connectivity index (χ1v) is 16.2. The Kier molecular flexibility index (Phi) is 7.70. The highest BCUT2D eigenvalue weighted by molar-refractivity contribution is 5.85. The molecule has 4 aromatic rings. The molecule has 6 saturated heterocycles. The van der Waals surface area contributed by atoms with Gasteiger partial charge in [-0.05, 0) is 36.6 Å². The molecule has 6 aliphatic rings. The van der Waals surface area contributed by atoms with Crippen LogP contribution >= 0.6 is 0 Å². The van der Waals surface area contributed by atoms with Crippen molar-refractivity contribution in [3.8, 4) is 28.8 Å². The van der Waals surface area contributed by atoms with Gasteiger partial charge in [0.15, 0.2) is 0 Å². The van der Waals surface area contributed by atoms with E-state index < -0.39 is 0 Å². The Hall–Kier alpha value is -4.28. The molecule has 12 heteroatoms. The van der Waals surface area contributed by atoms with Crippen molar-refractivity contribution in [2.24, 2.45) is 0 Å². The van der Waals surface area contributed by atoms with Gasteiger partial charge in [-0.15, -0.1) is 0 Å². The van der Waals surface area contributed by atoms with E-state index in [4.69, 9.17) is 14.5 Å². The summed E-state index contributed by atoms with van der Waals surface area (Å²) in [6.07, 6.45) is 9.71. The van der Waals surface area contributed by atoms with E-state index in [0.717, 1.165) is 68.3 Å². The van der Waals surface area contributed by atoms with Gasteiger partial charge in [0.2, 0.25) is 5.88 Å². The third-order valence-electron chi connectivity index (χ3n) is 10.3. The van der Waals surface area contributed by atoms with Crippen LogP contribution in [0.1, 0.15) is 24.0 Å². The van der Waals surface area contributed by atoms with E-state index in [-0.39, 0.29) is 6.61 Å². The molecule has 0 amide bonds. The minimum absolute atomic E-state index is 0.225. The fourth-order valence-corrected chi connectivity index (χ4v) is 7.91. The number of piperidine rings is 2. The second kappa shape index (κ2) is 12.1. The second-order valence-corrected chi connectivity index (χ2v) is 12.9. The zero-order valence-electron chi connectivity index (χ0n) is 26.1. The molecule has 1 N–H and O–H groups in total. The summed E-state index contributed by atoms with van der Waals surface area (Å²) in [5.74, 6) is 2.33. The van der Waals surface area contributed by atoms with Gasteiger partial charge in [0, 0.05) is 99.6 Å². The van der Waals surface area contributed by atoms with Crippen LogP contribution in [0, 0.1) is 11.3 Å². The zero-order chi connectivity index (χ0) is 31.2. The van der Waals surface area contributed by atoms with E-state index in [1.54, 1.807) is 17.8 Å². The Labute approximate surface area is 268 Å². The van der Waals surface area contributed by atoms with Gasteiger partial charge in [0.05, 0.1) is 37.2 Å². The summed E-state index contributed by atoms with van der Waals surface area (Å²) in [5, 5.41) is 23.6. The van der Waals surface area contributed by atoms with E-state index in [1.165, 1.54) is 18.4 Å². The van der Waals surface area contributed by atoms with Gasteiger partial charge in [0.1, 0.15) is 24.2 Å². The molecular weight excluding hydrogens is 582 g/mol. The first-order valence-electron chi connectivity index (χ1n) is 16.2. The first-order chi connectivity index (χ1) is 22.6. The van der Waals surface area contributed by atoms with Crippen molar-refractivity contribution in [1.29, 1.82) is 5.26 Å². The number of pyridine rings is 3. The molecule has 0 saturated carbocycles. The lowest BCUT2D eigenvalue weighted by atomic mass is 9.87. The van der Waals surface area contributed by atoms with Crippen molar-refractivity contribution < 1.29 is 14.6 Å². The fourth-order valence-electron chi connectivity index (χ4n) is 7.91. The minimum atomic E-state index is 0.225. The van der Waals surface area contributed by atoms with Gasteiger partial charge in [-0.1, -0.05) is 6.07 Å². The molecule has 6 fully saturated rings. The summed E-state index contributed by atoms with van der Waals surface area (Å²) in [6, 6.07) is 14.6. The van der Waals surface area contributed by atoms with Crippen molar-refractivity contribution in [2.45, 2.75) is 43.6 Å². The quantitative estimate of drug-likeness (QED) is 0.266. The third kappa shape index (κ3) is 5.33. The van der Waals surface area contributed by atoms with Crippen LogP contribution in [0.4, 0.5) is 5.82 Å². The number of nitriles is 1. The molecule has 4 aromatic heterocycles. The van der Waals surface area contributed by atoms with Crippen LogP contribution in [0.3, 0.4) is 0 Å². The molecule has 46 heavy (non-hydrogen) atoms. The number of piperazine rings is 2. The number of ether oxygens (including phenoxy) is 2. The molecule has 238 valence electrons. The Balaban J connectivity index is 0.932. The summed E-state index contributed by atoms with van der Waals surface area (Å²) in [5.41, 5.74) is 4.28. The topological polar surface area (TPSA) is 119 Å². The van der Waals surface area contributed by atoms with Crippen LogP contribution in [-0.4, -0.2) is 123 Å². The lowest BCUT2D eigenvalue weighted by molar-refractivity contribution is -0.0768. The second-order valence-electron chi connectivity index (χ2n) is 12.9. The molecule has 0 spiro atoms. The summed E-state index contributed by atoms with van der Waals surface area (Å²) in [4.78, 5) is 19.1. The Morgan fingerprint density at radius 1 is 0.935 bits per heavy atom. The molecule has 0 aliphatic carbocycles. The van der Waals surface area contributed by atoms with E-state index >= 15 is 0 Å². The van der Waals surface area contributed by atoms with Crippen LogP contribution in [0.5, 0.6) is 11.6 Å². The number of anilines is 1. The normalized spacial score (nSPS) is 24.3. The van der Waals surface area contributed by atoms with Crippen molar-refractivity contribution >= 4 is 11.3 Å². The number of aliphatic hydroxyl groups excluding tert-OH is 1. The number of aromatic nitrogens is 4. The highest BCUT2D eigenvalue weighted by Gasteiger charge is 2.45. The maximum atomic E-state index is 9.82. The van der Waals surface area contributed by atoms with Crippen LogP contribution in [0.15, 0.2) is 55.1 Å². The largest absolute Gasteiger partial charge is 0.491 e. The number of methoxy groups -OCH3 is 1. The summed E-state index contributed by atoms with van der Waals surface area (Å²) >= 11 is 0. The van der Waals surface area contributed by atoms with Gasteiger partial charge in [-0.3, -0.25) is 14.7 Å². The molecule has 0 radical (unpaired) electrons. The number of hydrogen-bond donors (Lipinski definition) is 1. The SMILES string of the molecule is COc1ccc(CN2C3CC2CN(c2ccc(-c4cc(OCCN5CC6CC(C5)N6CCO)cn5ncc(C#N)c45)cn2)C3)cn1. The molecule has 4 atom stereocenters. The van der Waals surface area contributed by atoms with E-state index in [9.17, 15) is 10.4 Å². The highest BCUT2D eigenvalue weighted by atomic mass is 16.5. The Morgan fingerprint density at radius 3 is 2.41 bits per heavy atom. The maximum Gasteiger partial charge on any atom is 0.212 e. The van der Waals surface area contributed by atoms with E-state index in [2.05, 4.69) is 54.0 Å². The molecule has 4 unspecified atom stereocenters. The van der Waals surface area contributed by atoms with Crippen molar-refractivity contribution in [1.82, 2.24) is 34.3 Å². The molecule has 12 nitrogen and oxygen atoms in total. The summed E-state index contributed by atoms with van der Waals surface area (Å²) < 4.78 is 13.2. The number of rotatable bonds is 11. The summed E-state index contributed by atoms with van der Waals surface area (Å²) in [7, 11) is 1.64. The summed E-state index contributed by atoms with van der Waals surface area (Å²) in [6.45, 7) is 7.23. The number of nitrogens with zero attached hydrogens (tertiary/aromatic N) is 9. The predicted octanol–water partition coefficient (Wildman–Crippen LogP) is 2.26. The highest BCUT2D eigenvalue weighted by Crippen LogP contribution is 2.37. The smallest absolute Gasteiger partial charge is 0.212 e. The van der Waals surface area contributed by atoms with Gasteiger partial charge in [-0.2, -0.15) is 10.4 Å². The van der Waals surface area contributed by atoms with Gasteiger partial charge < -0.3 is 19.5 Å². The number of hydrogen-bond acceptors (Lipinski definition) is 11. The molecule has 0 aromatic carbocycles. The lowest BCUT2D eigenvalue weighted by Gasteiger charge is -2.56. The lowest BCUT2D eigenvalue weighted by Crippen LogP contribution is -2.69. The Bertz CT molecular complexity index is 1710. The molecule has 6 aliphatic heterocycles. The van der Waals surface area contributed by atoms with Gasteiger partial charge in [0.25, 0.3) is 0 Å². The molecular formula is C34H39N9O3. The van der Waals surface area contributed by atoms with Gasteiger partial charge in [-0.25, -0.2) is 14.5 Å². The average molecular weight is 622 g/mol.